The number of carbonyl (C=O) groups is 1. The molecule has 0 radical (unpaired) electrons. The van der Waals surface area contributed by atoms with Crippen LogP contribution >= 0.6 is 0 Å². The molecule has 0 unspecified atom stereocenters. The van der Waals surface area contributed by atoms with E-state index in [-0.39, 0.29) is 11.7 Å². The van der Waals surface area contributed by atoms with E-state index in [2.05, 4.69) is 14.9 Å². The third kappa shape index (κ3) is 2.27. The summed E-state index contributed by atoms with van der Waals surface area (Å²) in [6.07, 6.45) is 1.51. The summed E-state index contributed by atoms with van der Waals surface area (Å²) in [5, 5.41) is 0. The first kappa shape index (κ1) is 10.8. The molecule has 1 amide bonds. The minimum absolute atomic E-state index is 0.139. The van der Waals surface area contributed by atoms with Gasteiger partial charge >= 0.3 is 0 Å². The van der Waals surface area contributed by atoms with Gasteiger partial charge in [-0.15, -0.1) is 0 Å². The number of nitrogens with two attached hydrogens (primary N) is 1. The first-order chi connectivity index (χ1) is 7.66. The number of piperazine rings is 1. The van der Waals surface area contributed by atoms with Gasteiger partial charge in [0.15, 0.2) is 0 Å². The van der Waals surface area contributed by atoms with Crippen LogP contribution in [0.15, 0.2) is 12.3 Å². The smallest absolute Gasteiger partial charge is 0.291 e. The maximum Gasteiger partial charge on any atom is 0.291 e. The molecule has 1 aromatic heterocycles. The molecule has 2 heterocycles. The van der Waals surface area contributed by atoms with Crippen LogP contribution in [-0.4, -0.2) is 58.9 Å². The lowest BCUT2D eigenvalue weighted by atomic mass is 10.3. The molecule has 1 aliphatic rings. The number of amides is 1. The van der Waals surface area contributed by atoms with Gasteiger partial charge in [-0.3, -0.25) is 4.79 Å². The summed E-state index contributed by atoms with van der Waals surface area (Å²) in [5.41, 5.74) is 5.52. The molecule has 6 nitrogen and oxygen atoms in total. The van der Waals surface area contributed by atoms with E-state index < -0.39 is 0 Å². The van der Waals surface area contributed by atoms with Gasteiger partial charge in [-0.2, -0.15) is 0 Å². The molecular weight excluding hydrogens is 206 g/mol. The third-order valence-corrected chi connectivity index (χ3v) is 2.66. The van der Waals surface area contributed by atoms with E-state index in [9.17, 15) is 4.79 Å². The molecule has 1 saturated heterocycles. The van der Waals surface area contributed by atoms with E-state index in [1.54, 1.807) is 11.0 Å². The number of aromatic nitrogens is 2. The Kier molecular flexibility index (Phi) is 3.00. The van der Waals surface area contributed by atoms with E-state index in [1.807, 2.05) is 7.05 Å². The molecule has 0 spiro atoms. The number of hydrogen-bond donors (Lipinski definition) is 1. The van der Waals surface area contributed by atoms with Gasteiger partial charge in [-0.05, 0) is 13.1 Å². The summed E-state index contributed by atoms with van der Waals surface area (Å²) in [6, 6.07) is 1.57. The SMILES string of the molecule is CN1CCN(C(=O)c2nccc(N)n2)CC1. The van der Waals surface area contributed by atoms with E-state index in [0.29, 0.717) is 18.9 Å². The quantitative estimate of drug-likeness (QED) is 0.688. The van der Waals surface area contributed by atoms with Gasteiger partial charge < -0.3 is 15.5 Å². The molecule has 0 aromatic carbocycles. The second-order valence-electron chi connectivity index (χ2n) is 3.90. The molecule has 0 aliphatic carbocycles. The summed E-state index contributed by atoms with van der Waals surface area (Å²) < 4.78 is 0. The number of nitrogens with zero attached hydrogens (tertiary/aromatic N) is 4. The number of hydrogen-bond acceptors (Lipinski definition) is 5. The van der Waals surface area contributed by atoms with Crippen molar-refractivity contribution in [3.63, 3.8) is 0 Å². The van der Waals surface area contributed by atoms with Gasteiger partial charge in [0.05, 0.1) is 0 Å². The van der Waals surface area contributed by atoms with Crippen LogP contribution in [0.25, 0.3) is 0 Å². The van der Waals surface area contributed by atoms with Crippen molar-refractivity contribution in [3.05, 3.63) is 18.1 Å². The zero-order chi connectivity index (χ0) is 11.5. The van der Waals surface area contributed by atoms with Gasteiger partial charge in [0.25, 0.3) is 5.91 Å². The van der Waals surface area contributed by atoms with Crippen molar-refractivity contribution < 1.29 is 4.79 Å². The minimum Gasteiger partial charge on any atom is -0.384 e. The second kappa shape index (κ2) is 4.44. The Labute approximate surface area is 94.1 Å². The summed E-state index contributed by atoms with van der Waals surface area (Å²) >= 11 is 0. The van der Waals surface area contributed by atoms with Crippen LogP contribution in [-0.2, 0) is 0 Å². The second-order valence-corrected chi connectivity index (χ2v) is 3.90. The van der Waals surface area contributed by atoms with Gasteiger partial charge in [0.1, 0.15) is 5.82 Å². The van der Waals surface area contributed by atoms with Crippen LogP contribution in [0.2, 0.25) is 0 Å². The van der Waals surface area contributed by atoms with E-state index in [4.69, 9.17) is 5.73 Å². The van der Waals surface area contributed by atoms with Gasteiger partial charge in [0, 0.05) is 32.4 Å². The molecule has 1 fully saturated rings. The first-order valence-electron chi connectivity index (χ1n) is 5.23. The standard InChI is InChI=1S/C10H15N5O/c1-14-4-6-15(7-5-14)10(16)9-12-3-2-8(11)13-9/h2-3H,4-7H2,1H3,(H2,11,12,13). The lowest BCUT2D eigenvalue weighted by Gasteiger charge is -2.31. The fourth-order valence-electron chi connectivity index (χ4n) is 1.63. The normalized spacial score (nSPS) is 17.4. The van der Waals surface area contributed by atoms with Crippen molar-refractivity contribution in [2.75, 3.05) is 39.0 Å². The van der Waals surface area contributed by atoms with Crippen LogP contribution in [0.4, 0.5) is 5.82 Å². The summed E-state index contributed by atoms with van der Waals surface area (Å²) in [7, 11) is 2.04. The van der Waals surface area contributed by atoms with Crippen molar-refractivity contribution in [2.45, 2.75) is 0 Å². The van der Waals surface area contributed by atoms with E-state index >= 15 is 0 Å². The maximum absolute atomic E-state index is 12.0. The average Bonchev–Trinajstić information content (AvgIpc) is 2.29. The fraction of sp³-hybridized carbons (Fsp3) is 0.500. The fourth-order valence-corrected chi connectivity index (χ4v) is 1.63. The van der Waals surface area contributed by atoms with Gasteiger partial charge in [-0.1, -0.05) is 0 Å². The molecule has 0 bridgehead atoms. The van der Waals surface area contributed by atoms with Gasteiger partial charge in [-0.25, -0.2) is 9.97 Å². The molecule has 0 saturated carbocycles. The van der Waals surface area contributed by atoms with Crippen molar-refractivity contribution in [2.24, 2.45) is 0 Å². The van der Waals surface area contributed by atoms with Crippen molar-refractivity contribution in [1.82, 2.24) is 19.8 Å². The minimum atomic E-state index is -0.139. The number of anilines is 1. The molecule has 16 heavy (non-hydrogen) atoms. The zero-order valence-corrected chi connectivity index (χ0v) is 9.26. The summed E-state index contributed by atoms with van der Waals surface area (Å²) in [5.74, 6) is 0.373. The van der Waals surface area contributed by atoms with Crippen LogP contribution in [0.5, 0.6) is 0 Å². The Morgan fingerprint density at radius 3 is 2.69 bits per heavy atom. The average molecular weight is 221 g/mol. The lowest BCUT2D eigenvalue weighted by Crippen LogP contribution is -2.47. The number of rotatable bonds is 1. The van der Waals surface area contributed by atoms with Crippen LogP contribution in [0, 0.1) is 0 Å². The predicted molar refractivity (Wildman–Crippen MR) is 59.8 cm³/mol. The number of likely N-dealkylation sites (N-methyl/N-ethyl adjacent to an activating group) is 1. The predicted octanol–water partition coefficient (Wildman–Crippen LogP) is -0.554. The molecule has 6 heteroatoms. The maximum atomic E-state index is 12.0. The zero-order valence-electron chi connectivity index (χ0n) is 9.26. The highest BCUT2D eigenvalue weighted by molar-refractivity contribution is 5.90. The highest BCUT2D eigenvalue weighted by Crippen LogP contribution is 2.05. The Hall–Kier alpha value is -1.69. The Morgan fingerprint density at radius 1 is 1.38 bits per heavy atom. The molecule has 2 rings (SSSR count). The number of nitrogen functional groups attached to an aromatic ring is 1. The summed E-state index contributed by atoms with van der Waals surface area (Å²) in [4.78, 5) is 23.8. The molecule has 2 N–H and O–H groups in total. The topological polar surface area (TPSA) is 75.3 Å². The van der Waals surface area contributed by atoms with Crippen LogP contribution in [0.1, 0.15) is 10.6 Å². The molecule has 0 atom stereocenters. The molecule has 1 aromatic rings. The molecule has 86 valence electrons. The Bertz CT molecular complexity index is 387. The number of carbonyl (C=O) groups excluding carboxylic acids is 1. The molecular formula is C10H15N5O. The largest absolute Gasteiger partial charge is 0.384 e. The first-order valence-corrected chi connectivity index (χ1v) is 5.23. The Balaban J connectivity index is 2.08. The van der Waals surface area contributed by atoms with Crippen molar-refractivity contribution in [3.8, 4) is 0 Å². The van der Waals surface area contributed by atoms with Crippen LogP contribution in [0.3, 0.4) is 0 Å². The third-order valence-electron chi connectivity index (χ3n) is 2.66. The van der Waals surface area contributed by atoms with Crippen LogP contribution < -0.4 is 5.73 Å². The van der Waals surface area contributed by atoms with Gasteiger partial charge in [0.2, 0.25) is 5.82 Å². The Morgan fingerprint density at radius 2 is 2.06 bits per heavy atom. The van der Waals surface area contributed by atoms with Crippen molar-refractivity contribution >= 4 is 11.7 Å². The van der Waals surface area contributed by atoms with Crippen molar-refractivity contribution in [1.29, 1.82) is 0 Å². The lowest BCUT2D eigenvalue weighted by molar-refractivity contribution is 0.0652. The molecule has 1 aliphatic heterocycles. The van der Waals surface area contributed by atoms with E-state index in [1.165, 1.54) is 6.20 Å². The summed E-state index contributed by atoms with van der Waals surface area (Å²) in [6.45, 7) is 3.20. The highest BCUT2D eigenvalue weighted by atomic mass is 16.2. The highest BCUT2D eigenvalue weighted by Gasteiger charge is 2.22. The monoisotopic (exact) mass is 221 g/mol. The van der Waals surface area contributed by atoms with E-state index in [0.717, 1.165) is 13.1 Å².